The van der Waals surface area contributed by atoms with Crippen LogP contribution >= 0.6 is 0 Å². The summed E-state index contributed by atoms with van der Waals surface area (Å²) in [6.45, 7) is 11.6. The van der Waals surface area contributed by atoms with Crippen LogP contribution < -0.4 is 14.4 Å². The number of ether oxygens (including phenoxy) is 1. The first-order valence-electron chi connectivity index (χ1n) is 14.5. The molecule has 9 heteroatoms. The van der Waals surface area contributed by atoms with Crippen molar-refractivity contribution in [3.8, 4) is 5.75 Å². The van der Waals surface area contributed by atoms with Gasteiger partial charge in [-0.3, -0.25) is 13.9 Å². The second-order valence-electron chi connectivity index (χ2n) is 10.4. The fourth-order valence-electron chi connectivity index (χ4n) is 4.57. The molecule has 8 nitrogen and oxygen atoms in total. The number of carbonyl (C=O) groups excluding carboxylic acids is 2. The third-order valence-electron chi connectivity index (χ3n) is 7.31. The molecule has 0 saturated heterocycles. The summed E-state index contributed by atoms with van der Waals surface area (Å²) in [6, 6.07) is 20.0. The molecule has 0 aliphatic carbocycles. The summed E-state index contributed by atoms with van der Waals surface area (Å²) in [4.78, 5) is 29.2. The summed E-state index contributed by atoms with van der Waals surface area (Å²) in [5.74, 6) is -0.179. The monoisotopic (exact) mass is 593 g/mol. The lowest BCUT2D eigenvalue weighted by atomic mass is 10.1. The number of aryl methyl sites for hydroxylation is 2. The van der Waals surface area contributed by atoms with E-state index in [0.717, 1.165) is 27.4 Å². The van der Waals surface area contributed by atoms with Crippen LogP contribution in [0.5, 0.6) is 5.75 Å². The summed E-state index contributed by atoms with van der Waals surface area (Å²) in [6.07, 6.45) is 1.12. The molecule has 42 heavy (non-hydrogen) atoms. The summed E-state index contributed by atoms with van der Waals surface area (Å²) in [7, 11) is -4.15. The van der Waals surface area contributed by atoms with E-state index < -0.39 is 28.5 Å². The minimum atomic E-state index is -4.15. The van der Waals surface area contributed by atoms with Crippen molar-refractivity contribution < 1.29 is 22.7 Å². The zero-order chi connectivity index (χ0) is 30.9. The Morgan fingerprint density at radius 3 is 2.10 bits per heavy atom. The predicted molar refractivity (Wildman–Crippen MR) is 167 cm³/mol. The molecule has 0 aliphatic heterocycles. The number of hydrogen-bond acceptors (Lipinski definition) is 5. The lowest BCUT2D eigenvalue weighted by Crippen LogP contribution is -2.53. The van der Waals surface area contributed by atoms with Crippen LogP contribution in [0, 0.1) is 13.8 Å². The number of anilines is 1. The number of hydrogen-bond donors (Lipinski definition) is 1. The van der Waals surface area contributed by atoms with Gasteiger partial charge in [-0.05, 0) is 88.1 Å². The molecule has 0 aromatic heterocycles. The Kier molecular flexibility index (Phi) is 11.6. The molecule has 0 fully saturated rings. The molecule has 0 aliphatic rings. The summed E-state index contributed by atoms with van der Waals surface area (Å²) >= 11 is 0. The Balaban J connectivity index is 2.06. The molecule has 0 spiro atoms. The van der Waals surface area contributed by atoms with Gasteiger partial charge in [0.1, 0.15) is 18.3 Å². The second kappa shape index (κ2) is 14.9. The highest BCUT2D eigenvalue weighted by atomic mass is 32.2. The minimum absolute atomic E-state index is 0.0336. The van der Waals surface area contributed by atoms with Crippen LogP contribution in [0.4, 0.5) is 5.69 Å². The van der Waals surface area contributed by atoms with Crippen LogP contribution in [0.3, 0.4) is 0 Å². The summed E-state index contributed by atoms with van der Waals surface area (Å²) in [5.41, 5.74) is 3.18. The predicted octanol–water partition coefficient (Wildman–Crippen LogP) is 5.62. The number of carbonyl (C=O) groups is 2. The highest BCUT2D eigenvalue weighted by molar-refractivity contribution is 7.92. The van der Waals surface area contributed by atoms with Crippen LogP contribution in [0.25, 0.3) is 0 Å². The zero-order valence-corrected chi connectivity index (χ0v) is 26.3. The zero-order valence-electron chi connectivity index (χ0n) is 25.5. The average Bonchev–Trinajstić information content (AvgIpc) is 2.97. The number of nitrogens with one attached hydrogen (secondary N) is 1. The first kappa shape index (κ1) is 32.7. The number of rotatable bonds is 14. The van der Waals surface area contributed by atoms with E-state index in [1.807, 2.05) is 65.8 Å². The molecule has 0 bridgehead atoms. The van der Waals surface area contributed by atoms with E-state index in [1.165, 1.54) is 17.0 Å². The van der Waals surface area contributed by atoms with Gasteiger partial charge in [-0.2, -0.15) is 0 Å². The van der Waals surface area contributed by atoms with Gasteiger partial charge < -0.3 is 15.0 Å². The molecular weight excluding hydrogens is 550 g/mol. The third-order valence-corrected chi connectivity index (χ3v) is 9.10. The number of amides is 2. The molecule has 0 saturated carbocycles. The highest BCUT2D eigenvalue weighted by Gasteiger charge is 2.34. The van der Waals surface area contributed by atoms with Crippen molar-refractivity contribution in [2.24, 2.45) is 0 Å². The lowest BCUT2D eigenvalue weighted by Gasteiger charge is -2.34. The van der Waals surface area contributed by atoms with Crippen LogP contribution in [-0.4, -0.2) is 50.4 Å². The molecule has 0 radical (unpaired) electrons. The maximum absolute atomic E-state index is 14.2. The quantitative estimate of drug-likeness (QED) is 0.262. The van der Waals surface area contributed by atoms with Crippen molar-refractivity contribution in [3.63, 3.8) is 0 Å². The van der Waals surface area contributed by atoms with E-state index in [-0.39, 0.29) is 23.4 Å². The maximum Gasteiger partial charge on any atom is 0.264 e. The third kappa shape index (κ3) is 8.12. The lowest BCUT2D eigenvalue weighted by molar-refractivity contribution is -0.140. The highest BCUT2D eigenvalue weighted by Crippen LogP contribution is 2.27. The normalized spacial score (nSPS) is 12.7. The molecule has 3 aromatic rings. The van der Waals surface area contributed by atoms with Gasteiger partial charge in [0, 0.05) is 12.6 Å². The first-order valence-corrected chi connectivity index (χ1v) is 15.9. The van der Waals surface area contributed by atoms with Crippen molar-refractivity contribution in [1.29, 1.82) is 0 Å². The van der Waals surface area contributed by atoms with Crippen molar-refractivity contribution in [2.75, 3.05) is 17.5 Å². The van der Waals surface area contributed by atoms with E-state index in [4.69, 9.17) is 4.74 Å². The van der Waals surface area contributed by atoms with Gasteiger partial charge in [0.15, 0.2) is 0 Å². The Hall–Kier alpha value is -3.85. The topological polar surface area (TPSA) is 96.0 Å². The standard InChI is InChI=1S/C33H43N3O5S/c1-7-26(6)34-33(38)31(8-2)35(22-27-13-11-10-12-25(27)5)32(37)23-36(28-16-14-24(4)15-17-28)42(39,40)30-20-18-29(19-21-30)41-9-3/h10-21,26,31H,7-9,22-23H2,1-6H3,(H,34,38)/t26-,31-/m1/s1. The van der Waals surface area contributed by atoms with Crippen LogP contribution in [-0.2, 0) is 26.2 Å². The fraction of sp³-hybridized carbons (Fsp3) is 0.394. The van der Waals surface area contributed by atoms with Gasteiger partial charge in [0.05, 0.1) is 17.2 Å². The van der Waals surface area contributed by atoms with Gasteiger partial charge in [-0.25, -0.2) is 8.42 Å². The molecule has 3 aromatic carbocycles. The Morgan fingerprint density at radius 2 is 1.52 bits per heavy atom. The maximum atomic E-state index is 14.2. The van der Waals surface area contributed by atoms with Crippen molar-refractivity contribution in [2.45, 2.75) is 77.9 Å². The number of nitrogens with zero attached hydrogens (tertiary/aromatic N) is 2. The van der Waals surface area contributed by atoms with Crippen molar-refractivity contribution >= 4 is 27.5 Å². The van der Waals surface area contributed by atoms with Crippen LogP contribution in [0.15, 0.2) is 77.7 Å². The van der Waals surface area contributed by atoms with E-state index in [9.17, 15) is 18.0 Å². The second-order valence-corrected chi connectivity index (χ2v) is 12.3. The van der Waals surface area contributed by atoms with E-state index >= 15 is 0 Å². The van der Waals surface area contributed by atoms with Gasteiger partial charge in [0.2, 0.25) is 11.8 Å². The Bertz CT molecular complexity index is 1440. The van der Waals surface area contributed by atoms with Crippen LogP contribution in [0.1, 0.15) is 57.2 Å². The number of benzene rings is 3. The van der Waals surface area contributed by atoms with Crippen molar-refractivity contribution in [1.82, 2.24) is 10.2 Å². The van der Waals surface area contributed by atoms with Crippen molar-refractivity contribution in [3.05, 3.63) is 89.5 Å². The molecule has 1 N–H and O–H groups in total. The Labute approximate surface area is 250 Å². The molecule has 2 atom stereocenters. The smallest absolute Gasteiger partial charge is 0.264 e. The molecule has 3 rings (SSSR count). The first-order chi connectivity index (χ1) is 20.0. The van der Waals surface area contributed by atoms with Gasteiger partial charge in [0.25, 0.3) is 10.0 Å². The van der Waals surface area contributed by atoms with E-state index in [0.29, 0.717) is 24.5 Å². The molecule has 2 amide bonds. The minimum Gasteiger partial charge on any atom is -0.494 e. The summed E-state index contributed by atoms with van der Waals surface area (Å²) < 4.78 is 34.7. The molecule has 226 valence electrons. The average molecular weight is 594 g/mol. The molecule has 0 heterocycles. The molecular formula is C33H43N3O5S. The Morgan fingerprint density at radius 1 is 0.881 bits per heavy atom. The number of sulfonamides is 1. The fourth-order valence-corrected chi connectivity index (χ4v) is 5.99. The largest absolute Gasteiger partial charge is 0.494 e. The summed E-state index contributed by atoms with van der Waals surface area (Å²) in [5, 5.41) is 3.00. The van der Waals surface area contributed by atoms with Gasteiger partial charge in [-0.15, -0.1) is 0 Å². The SMILES string of the molecule is CCOc1ccc(S(=O)(=O)N(CC(=O)N(Cc2ccccc2C)[C@H](CC)C(=O)N[C@H](C)CC)c2ccc(C)cc2)cc1. The van der Waals surface area contributed by atoms with E-state index in [1.54, 1.807) is 36.4 Å². The molecule has 0 unspecified atom stereocenters. The van der Waals surface area contributed by atoms with Gasteiger partial charge in [-0.1, -0.05) is 55.8 Å². The van der Waals surface area contributed by atoms with Crippen LogP contribution in [0.2, 0.25) is 0 Å². The van der Waals surface area contributed by atoms with E-state index in [2.05, 4.69) is 5.32 Å². The van der Waals surface area contributed by atoms with Gasteiger partial charge >= 0.3 is 0 Å².